The number of guanidine groups is 1. The maximum atomic E-state index is 4.42. The van der Waals surface area contributed by atoms with E-state index < -0.39 is 0 Å². The van der Waals surface area contributed by atoms with E-state index in [9.17, 15) is 0 Å². The Morgan fingerprint density at radius 3 is 2.73 bits per heavy atom. The molecule has 0 spiro atoms. The summed E-state index contributed by atoms with van der Waals surface area (Å²) >= 11 is 1.73. The van der Waals surface area contributed by atoms with Gasteiger partial charge in [0.1, 0.15) is 5.01 Å². The van der Waals surface area contributed by atoms with Crippen molar-refractivity contribution in [1.29, 1.82) is 0 Å². The van der Waals surface area contributed by atoms with Gasteiger partial charge in [-0.05, 0) is 18.1 Å². The van der Waals surface area contributed by atoms with Gasteiger partial charge < -0.3 is 15.2 Å². The van der Waals surface area contributed by atoms with Crippen LogP contribution in [-0.4, -0.2) is 27.5 Å². The summed E-state index contributed by atoms with van der Waals surface area (Å²) in [4.78, 5) is 14.1. The molecule has 0 radical (unpaired) electrons. The third kappa shape index (κ3) is 5.28. The zero-order chi connectivity index (χ0) is 17.5. The molecule has 0 aliphatic heterocycles. The van der Waals surface area contributed by atoms with Gasteiger partial charge in [0.25, 0.3) is 0 Å². The number of hydrogen-bond donors (Lipinski definition) is 2. The quantitative estimate of drug-likeness (QED) is 0.321. The first-order valence-corrected chi connectivity index (χ1v) is 9.06. The number of hydrogen-bond acceptors (Lipinski definition) is 4. The number of para-hydroxylation sites is 1. The first-order chi connectivity index (χ1) is 12.3. The molecule has 0 aliphatic carbocycles. The van der Waals surface area contributed by atoms with Gasteiger partial charge in [0, 0.05) is 37.1 Å². The van der Waals surface area contributed by atoms with Crippen LogP contribution in [0.4, 0.5) is 0 Å². The molecule has 0 bridgehead atoms. The van der Waals surface area contributed by atoms with Crippen molar-refractivity contribution in [3.8, 4) is 5.69 Å². The Hall–Kier alpha value is -1.94. The van der Waals surface area contributed by atoms with E-state index >= 15 is 0 Å². The maximum absolute atomic E-state index is 4.42. The van der Waals surface area contributed by atoms with Gasteiger partial charge in [-0.1, -0.05) is 25.1 Å². The second kappa shape index (κ2) is 10.3. The highest BCUT2D eigenvalue weighted by Crippen LogP contribution is 2.14. The Morgan fingerprint density at radius 2 is 2.04 bits per heavy atom. The third-order valence-corrected chi connectivity index (χ3v) is 4.94. The molecule has 8 heteroatoms. The van der Waals surface area contributed by atoms with Crippen LogP contribution in [0.1, 0.15) is 22.4 Å². The van der Waals surface area contributed by atoms with Crippen LogP contribution in [0.3, 0.4) is 0 Å². The van der Waals surface area contributed by atoms with Crippen molar-refractivity contribution in [1.82, 2.24) is 25.2 Å². The minimum atomic E-state index is 0. The van der Waals surface area contributed by atoms with E-state index in [0.717, 1.165) is 23.1 Å². The lowest BCUT2D eigenvalue weighted by Crippen LogP contribution is -2.36. The number of halogens is 1. The Labute approximate surface area is 174 Å². The van der Waals surface area contributed by atoms with Crippen LogP contribution in [0.5, 0.6) is 0 Å². The van der Waals surface area contributed by atoms with Crippen LogP contribution in [0.2, 0.25) is 0 Å². The van der Waals surface area contributed by atoms with Crippen molar-refractivity contribution in [2.24, 2.45) is 4.99 Å². The Morgan fingerprint density at radius 1 is 1.23 bits per heavy atom. The molecule has 1 aromatic carbocycles. The van der Waals surface area contributed by atoms with Crippen LogP contribution in [-0.2, 0) is 19.5 Å². The standard InChI is InChI=1S/C18H22N6S.HI/c1-3-15-11-21-17(25-15)12-23-18(19-2)22-10-14-6-4-5-7-16(14)24-9-8-20-13-24;/h4-9,11,13H,3,10,12H2,1-2H3,(H2,19,22,23);1H. The van der Waals surface area contributed by atoms with E-state index in [0.29, 0.717) is 13.1 Å². The van der Waals surface area contributed by atoms with E-state index in [-0.39, 0.29) is 24.0 Å². The first-order valence-electron chi connectivity index (χ1n) is 8.24. The molecular formula is C18H23IN6S. The van der Waals surface area contributed by atoms with Crippen LogP contribution in [0.15, 0.2) is 54.2 Å². The predicted molar refractivity (Wildman–Crippen MR) is 118 cm³/mol. The second-order valence-corrected chi connectivity index (χ2v) is 6.65. The van der Waals surface area contributed by atoms with Crippen molar-refractivity contribution in [3.05, 3.63) is 64.6 Å². The van der Waals surface area contributed by atoms with Crippen molar-refractivity contribution in [2.75, 3.05) is 7.05 Å². The Balaban J connectivity index is 0.00000243. The van der Waals surface area contributed by atoms with Crippen molar-refractivity contribution in [3.63, 3.8) is 0 Å². The molecule has 0 saturated carbocycles. The summed E-state index contributed by atoms with van der Waals surface area (Å²) in [7, 11) is 1.77. The Kier molecular flexibility index (Phi) is 8.05. The smallest absolute Gasteiger partial charge is 0.191 e. The maximum Gasteiger partial charge on any atom is 0.191 e. The molecule has 26 heavy (non-hydrogen) atoms. The SMILES string of the molecule is CCc1cnc(CNC(=NC)NCc2ccccc2-n2ccnc2)s1.I. The van der Waals surface area contributed by atoms with Crippen LogP contribution in [0.25, 0.3) is 5.69 Å². The largest absolute Gasteiger partial charge is 0.352 e. The van der Waals surface area contributed by atoms with Gasteiger partial charge >= 0.3 is 0 Å². The van der Waals surface area contributed by atoms with Crippen molar-refractivity contribution in [2.45, 2.75) is 26.4 Å². The molecule has 0 saturated heterocycles. The van der Waals surface area contributed by atoms with Gasteiger partial charge in [0.2, 0.25) is 0 Å². The molecule has 3 aromatic rings. The fourth-order valence-electron chi connectivity index (χ4n) is 2.47. The number of nitrogens with one attached hydrogen (secondary N) is 2. The number of aryl methyl sites for hydroxylation is 1. The lowest BCUT2D eigenvalue weighted by Gasteiger charge is -2.14. The summed E-state index contributed by atoms with van der Waals surface area (Å²) in [5, 5.41) is 7.74. The van der Waals surface area contributed by atoms with E-state index in [4.69, 9.17) is 0 Å². The fourth-order valence-corrected chi connectivity index (χ4v) is 3.27. The highest BCUT2D eigenvalue weighted by molar-refractivity contribution is 14.0. The number of thiazole rings is 1. The van der Waals surface area contributed by atoms with Crippen molar-refractivity contribution < 1.29 is 0 Å². The van der Waals surface area contributed by atoms with Crippen LogP contribution >= 0.6 is 35.3 Å². The number of aliphatic imine (C=N–C) groups is 1. The second-order valence-electron chi connectivity index (χ2n) is 5.45. The third-order valence-electron chi connectivity index (χ3n) is 3.80. The van der Waals surface area contributed by atoms with E-state index in [1.807, 2.05) is 29.1 Å². The van der Waals surface area contributed by atoms with Gasteiger partial charge in [-0.3, -0.25) is 4.99 Å². The first kappa shape index (κ1) is 20.4. The van der Waals surface area contributed by atoms with E-state index in [1.165, 1.54) is 10.4 Å². The average Bonchev–Trinajstić information content (AvgIpc) is 3.34. The molecule has 0 fully saturated rings. The number of rotatable bonds is 6. The highest BCUT2D eigenvalue weighted by atomic mass is 127. The summed E-state index contributed by atoms with van der Waals surface area (Å²) in [6, 6.07) is 8.25. The molecular weight excluding hydrogens is 459 g/mol. The molecule has 0 aliphatic rings. The zero-order valence-corrected chi connectivity index (χ0v) is 18.0. The average molecular weight is 482 g/mol. The number of aromatic nitrogens is 3. The normalized spacial score (nSPS) is 11.1. The lowest BCUT2D eigenvalue weighted by molar-refractivity contribution is 0.800. The molecule has 0 unspecified atom stereocenters. The summed E-state index contributed by atoms with van der Waals surface area (Å²) in [5.74, 6) is 0.758. The topological polar surface area (TPSA) is 67.1 Å². The molecule has 0 amide bonds. The minimum Gasteiger partial charge on any atom is -0.352 e. The van der Waals surface area contributed by atoms with Crippen LogP contribution in [0, 0.1) is 0 Å². The minimum absolute atomic E-state index is 0. The van der Waals surface area contributed by atoms with Gasteiger partial charge in [-0.25, -0.2) is 9.97 Å². The number of benzene rings is 1. The summed E-state index contributed by atoms with van der Waals surface area (Å²) in [6.45, 7) is 3.49. The Bertz CT molecular complexity index is 828. The predicted octanol–water partition coefficient (Wildman–Crippen LogP) is 3.37. The summed E-state index contributed by atoms with van der Waals surface area (Å²) in [6.07, 6.45) is 8.50. The summed E-state index contributed by atoms with van der Waals surface area (Å²) in [5.41, 5.74) is 2.28. The monoisotopic (exact) mass is 482 g/mol. The molecule has 3 rings (SSSR count). The summed E-state index contributed by atoms with van der Waals surface area (Å²) < 4.78 is 2.01. The molecule has 138 valence electrons. The highest BCUT2D eigenvalue weighted by Gasteiger charge is 2.06. The van der Waals surface area contributed by atoms with Gasteiger partial charge in [0.15, 0.2) is 5.96 Å². The molecule has 0 atom stereocenters. The van der Waals surface area contributed by atoms with Gasteiger partial charge in [0.05, 0.1) is 18.6 Å². The molecule has 2 N–H and O–H groups in total. The molecule has 2 aromatic heterocycles. The van der Waals surface area contributed by atoms with Gasteiger partial charge in [-0.2, -0.15) is 0 Å². The lowest BCUT2D eigenvalue weighted by atomic mass is 10.1. The molecule has 6 nitrogen and oxygen atoms in total. The number of imidazole rings is 1. The van der Waals surface area contributed by atoms with E-state index in [1.54, 1.807) is 30.9 Å². The number of nitrogens with zero attached hydrogens (tertiary/aromatic N) is 4. The zero-order valence-electron chi connectivity index (χ0n) is 14.8. The van der Waals surface area contributed by atoms with Crippen molar-refractivity contribution >= 4 is 41.3 Å². The molecule has 2 heterocycles. The van der Waals surface area contributed by atoms with Gasteiger partial charge in [-0.15, -0.1) is 35.3 Å². The van der Waals surface area contributed by atoms with E-state index in [2.05, 4.69) is 44.7 Å². The van der Waals surface area contributed by atoms with Crippen LogP contribution < -0.4 is 10.6 Å². The fraction of sp³-hybridized carbons (Fsp3) is 0.278.